The molecule has 0 unspecified atom stereocenters. The zero-order valence-electron chi connectivity index (χ0n) is 25.8. The summed E-state index contributed by atoms with van der Waals surface area (Å²) in [6.07, 6.45) is 0. The van der Waals surface area contributed by atoms with Crippen molar-refractivity contribution in [3.63, 3.8) is 0 Å². The highest BCUT2D eigenvalue weighted by molar-refractivity contribution is 6.31. The van der Waals surface area contributed by atoms with Crippen molar-refractivity contribution in [3.05, 3.63) is 197 Å². The molecule has 0 atom stereocenters. The maximum Gasteiger partial charge on any atom is 0.0503 e. The lowest BCUT2D eigenvalue weighted by Gasteiger charge is -2.33. The Morgan fingerprint density at radius 3 is 0.729 bits per heavy atom. The number of nitrogens with zero attached hydrogens (tertiary/aromatic N) is 3. The van der Waals surface area contributed by atoms with Crippen molar-refractivity contribution in [1.82, 2.24) is 0 Å². The predicted molar refractivity (Wildman–Crippen MR) is 206 cm³/mol. The molecule has 0 fully saturated rings. The lowest BCUT2D eigenvalue weighted by atomic mass is 10.1. The summed E-state index contributed by atoms with van der Waals surface area (Å²) in [5.74, 6) is 0. The Morgan fingerprint density at radius 2 is 0.479 bits per heavy atom. The van der Waals surface area contributed by atoms with Crippen LogP contribution in [0.2, 0.25) is 15.1 Å². The molecule has 0 saturated carbocycles. The van der Waals surface area contributed by atoms with Gasteiger partial charge in [-0.2, -0.15) is 0 Å². The zero-order chi connectivity index (χ0) is 32.9. The van der Waals surface area contributed by atoms with E-state index in [4.69, 9.17) is 34.8 Å². The number of rotatable bonds is 9. The molecule has 0 aliphatic carbocycles. The van der Waals surface area contributed by atoms with E-state index in [-0.39, 0.29) is 0 Å². The molecule has 0 spiro atoms. The standard InChI is InChI=1S/C42H30Cl3N3/c43-31-13-10-22-37(25-31)46(34-16-4-1-5-17-34)40-28-41(47(35-18-6-2-7-19-35)38-23-11-14-32(44)26-38)30-42(29-40)48(36-20-8-3-9-21-36)39-24-12-15-33(45)27-39/h1-30H. The second-order valence-corrected chi connectivity index (χ2v) is 12.5. The zero-order valence-corrected chi connectivity index (χ0v) is 28.1. The molecule has 0 saturated heterocycles. The molecule has 0 aliphatic rings. The van der Waals surface area contributed by atoms with Crippen LogP contribution in [0, 0.1) is 0 Å². The Kier molecular flexibility index (Phi) is 9.35. The molecule has 0 N–H and O–H groups in total. The van der Waals surface area contributed by atoms with E-state index in [9.17, 15) is 0 Å². The summed E-state index contributed by atoms with van der Waals surface area (Å²) in [7, 11) is 0. The van der Waals surface area contributed by atoms with Gasteiger partial charge >= 0.3 is 0 Å². The van der Waals surface area contributed by atoms with Crippen LogP contribution in [0.1, 0.15) is 0 Å². The van der Waals surface area contributed by atoms with Crippen molar-refractivity contribution in [2.45, 2.75) is 0 Å². The lowest BCUT2D eigenvalue weighted by Crippen LogP contribution is -2.16. The fourth-order valence-corrected chi connectivity index (χ4v) is 6.44. The normalized spacial score (nSPS) is 10.8. The molecule has 6 heteroatoms. The van der Waals surface area contributed by atoms with Gasteiger partial charge in [-0.25, -0.2) is 0 Å². The maximum atomic E-state index is 6.61. The first kappa shape index (κ1) is 31.4. The highest BCUT2D eigenvalue weighted by Gasteiger charge is 2.22. The smallest absolute Gasteiger partial charge is 0.0503 e. The van der Waals surface area contributed by atoms with Gasteiger partial charge in [0.15, 0.2) is 0 Å². The number of hydrogen-bond acceptors (Lipinski definition) is 3. The summed E-state index contributed by atoms with van der Waals surface area (Å²) in [5.41, 5.74) is 8.56. The monoisotopic (exact) mass is 681 g/mol. The average Bonchev–Trinajstić information content (AvgIpc) is 3.10. The van der Waals surface area contributed by atoms with Gasteiger partial charge in [-0.3, -0.25) is 0 Å². The Labute approximate surface area is 296 Å². The molecule has 7 rings (SSSR count). The molecule has 234 valence electrons. The molecule has 0 aliphatic heterocycles. The third-order valence-corrected chi connectivity index (χ3v) is 8.61. The van der Waals surface area contributed by atoms with Gasteiger partial charge in [0.1, 0.15) is 0 Å². The van der Waals surface area contributed by atoms with Crippen LogP contribution < -0.4 is 14.7 Å². The van der Waals surface area contributed by atoms with E-state index >= 15 is 0 Å². The Morgan fingerprint density at radius 1 is 0.229 bits per heavy atom. The van der Waals surface area contributed by atoms with E-state index in [1.807, 2.05) is 109 Å². The van der Waals surface area contributed by atoms with Crippen LogP contribution in [-0.2, 0) is 0 Å². The first-order valence-electron chi connectivity index (χ1n) is 15.5. The summed E-state index contributed by atoms with van der Waals surface area (Å²) >= 11 is 19.8. The van der Waals surface area contributed by atoms with Gasteiger partial charge in [-0.15, -0.1) is 0 Å². The van der Waals surface area contributed by atoms with Gasteiger partial charge in [-0.1, -0.05) is 108 Å². The third-order valence-electron chi connectivity index (χ3n) is 7.90. The molecule has 0 radical (unpaired) electrons. The topological polar surface area (TPSA) is 9.72 Å². The third kappa shape index (κ3) is 6.90. The predicted octanol–water partition coefficient (Wildman–Crippen LogP) is 14.1. The van der Waals surface area contributed by atoms with E-state index in [0.29, 0.717) is 15.1 Å². The molecule has 0 heterocycles. The van der Waals surface area contributed by atoms with Gasteiger partial charge in [-0.05, 0) is 109 Å². The number of para-hydroxylation sites is 3. The first-order chi connectivity index (χ1) is 23.5. The molecular weight excluding hydrogens is 653 g/mol. The summed E-state index contributed by atoms with van der Waals surface area (Å²) in [6.45, 7) is 0. The van der Waals surface area contributed by atoms with E-state index < -0.39 is 0 Å². The van der Waals surface area contributed by atoms with E-state index in [2.05, 4.69) is 87.5 Å². The maximum absolute atomic E-state index is 6.61. The van der Waals surface area contributed by atoms with Crippen LogP contribution >= 0.6 is 34.8 Å². The largest absolute Gasteiger partial charge is 0.310 e. The van der Waals surface area contributed by atoms with Gasteiger partial charge in [0, 0.05) is 49.2 Å². The van der Waals surface area contributed by atoms with Gasteiger partial charge < -0.3 is 14.7 Å². The number of hydrogen-bond donors (Lipinski definition) is 0. The van der Waals surface area contributed by atoms with Crippen LogP contribution in [-0.4, -0.2) is 0 Å². The van der Waals surface area contributed by atoms with Crippen molar-refractivity contribution in [2.24, 2.45) is 0 Å². The van der Waals surface area contributed by atoms with Crippen molar-refractivity contribution >= 4 is 86.0 Å². The molecular formula is C42H30Cl3N3. The van der Waals surface area contributed by atoms with Crippen molar-refractivity contribution in [1.29, 1.82) is 0 Å². The van der Waals surface area contributed by atoms with Gasteiger partial charge in [0.2, 0.25) is 0 Å². The molecule has 0 bridgehead atoms. The fraction of sp³-hybridized carbons (Fsp3) is 0. The molecule has 3 nitrogen and oxygen atoms in total. The molecule has 48 heavy (non-hydrogen) atoms. The highest BCUT2D eigenvalue weighted by Crippen LogP contribution is 2.46. The highest BCUT2D eigenvalue weighted by atomic mass is 35.5. The van der Waals surface area contributed by atoms with Crippen LogP contribution in [0.25, 0.3) is 0 Å². The van der Waals surface area contributed by atoms with Gasteiger partial charge in [0.05, 0.1) is 17.1 Å². The van der Waals surface area contributed by atoms with Crippen LogP contribution in [0.3, 0.4) is 0 Å². The minimum atomic E-state index is 0.652. The van der Waals surface area contributed by atoms with E-state index in [0.717, 1.165) is 51.2 Å². The molecule has 7 aromatic rings. The van der Waals surface area contributed by atoms with Gasteiger partial charge in [0.25, 0.3) is 0 Å². The van der Waals surface area contributed by atoms with Crippen molar-refractivity contribution in [3.8, 4) is 0 Å². The van der Waals surface area contributed by atoms with Crippen LogP contribution in [0.5, 0.6) is 0 Å². The number of anilines is 9. The fourth-order valence-electron chi connectivity index (χ4n) is 5.89. The van der Waals surface area contributed by atoms with Crippen molar-refractivity contribution < 1.29 is 0 Å². The quantitative estimate of drug-likeness (QED) is 0.150. The number of halogens is 3. The molecule has 7 aromatic carbocycles. The summed E-state index contributed by atoms with van der Waals surface area (Å²) in [6, 6.07) is 61.3. The minimum Gasteiger partial charge on any atom is -0.310 e. The summed E-state index contributed by atoms with van der Waals surface area (Å²) < 4.78 is 0. The Balaban J connectivity index is 1.55. The number of benzene rings is 7. The minimum absolute atomic E-state index is 0.652. The second kappa shape index (κ2) is 14.3. The lowest BCUT2D eigenvalue weighted by molar-refractivity contribution is 1.22. The average molecular weight is 683 g/mol. The van der Waals surface area contributed by atoms with Crippen LogP contribution in [0.15, 0.2) is 182 Å². The van der Waals surface area contributed by atoms with E-state index in [1.54, 1.807) is 0 Å². The van der Waals surface area contributed by atoms with E-state index in [1.165, 1.54) is 0 Å². The second-order valence-electron chi connectivity index (χ2n) is 11.2. The molecule has 0 amide bonds. The first-order valence-corrected chi connectivity index (χ1v) is 16.6. The Bertz CT molecular complexity index is 1880. The summed E-state index contributed by atoms with van der Waals surface area (Å²) in [5, 5.41) is 1.96. The summed E-state index contributed by atoms with van der Waals surface area (Å²) in [4.78, 5) is 6.67. The molecule has 0 aromatic heterocycles. The SMILES string of the molecule is Clc1cccc(N(c2ccccc2)c2cc(N(c3ccccc3)c3cccc(Cl)c3)cc(N(c3ccccc3)c3cccc(Cl)c3)c2)c1. The van der Waals surface area contributed by atoms with Crippen LogP contribution in [0.4, 0.5) is 51.2 Å². The van der Waals surface area contributed by atoms with Crippen molar-refractivity contribution in [2.75, 3.05) is 14.7 Å². The Hall–Kier alpha value is -5.19.